The number of nitrogens with one attached hydrogen (secondary N) is 2. The molecule has 0 aliphatic heterocycles. The second kappa shape index (κ2) is 5.32. The third-order valence-corrected chi connectivity index (χ3v) is 4.69. The minimum Gasteiger partial charge on any atom is -0.268 e. The van der Waals surface area contributed by atoms with Crippen LogP contribution in [0.3, 0.4) is 0 Å². The summed E-state index contributed by atoms with van der Waals surface area (Å²) in [5, 5.41) is 6.10. The van der Waals surface area contributed by atoms with Crippen molar-refractivity contribution in [2.45, 2.75) is 4.90 Å². The third-order valence-electron chi connectivity index (χ3n) is 2.12. The summed E-state index contributed by atoms with van der Waals surface area (Å²) in [5.41, 5.74) is -0.419. The molecule has 2 N–H and O–H groups in total. The Labute approximate surface area is 122 Å². The largest absolute Gasteiger partial charge is 0.268 e. The van der Waals surface area contributed by atoms with Crippen LogP contribution in [0, 0.1) is 0 Å². The van der Waals surface area contributed by atoms with E-state index in [0.717, 1.165) is 0 Å². The molecule has 1 aromatic carbocycles. The molecule has 0 bridgehead atoms. The number of H-pyrrole nitrogens is 1. The van der Waals surface area contributed by atoms with Gasteiger partial charge in [-0.1, -0.05) is 11.6 Å². The lowest BCUT2D eigenvalue weighted by molar-refractivity contribution is 0.601. The van der Waals surface area contributed by atoms with Crippen LogP contribution >= 0.6 is 27.5 Å². The quantitative estimate of drug-likeness (QED) is 0.871. The van der Waals surface area contributed by atoms with Gasteiger partial charge in [0.1, 0.15) is 0 Å². The van der Waals surface area contributed by atoms with Crippen molar-refractivity contribution in [3.05, 3.63) is 50.2 Å². The highest BCUT2D eigenvalue weighted by molar-refractivity contribution is 9.10. The molecular formula is C10H7BrClN3O3S. The average Bonchev–Trinajstić information content (AvgIpc) is 2.35. The van der Waals surface area contributed by atoms with E-state index in [1.165, 1.54) is 30.3 Å². The molecule has 0 amide bonds. The Morgan fingerprint density at radius 2 is 2.00 bits per heavy atom. The highest BCUT2D eigenvalue weighted by atomic mass is 79.9. The van der Waals surface area contributed by atoms with Crippen LogP contribution in [0.25, 0.3) is 0 Å². The maximum Gasteiger partial charge on any atom is 0.264 e. The Bertz CT molecular complexity index is 755. The fourth-order valence-corrected chi connectivity index (χ4v) is 2.92. The number of aromatic nitrogens is 2. The van der Waals surface area contributed by atoms with Gasteiger partial charge in [-0.25, -0.2) is 13.5 Å². The molecule has 1 heterocycles. The van der Waals surface area contributed by atoms with Gasteiger partial charge < -0.3 is 0 Å². The summed E-state index contributed by atoms with van der Waals surface area (Å²) < 4.78 is 26.8. The molecule has 0 saturated carbocycles. The number of halogens is 2. The van der Waals surface area contributed by atoms with Crippen LogP contribution in [0.2, 0.25) is 5.02 Å². The van der Waals surface area contributed by atoms with Gasteiger partial charge in [-0.15, -0.1) is 0 Å². The SMILES string of the molecule is O=c1ccc(NS(=O)(=O)c2ccc(Cl)c(Br)c2)n[nH]1. The summed E-state index contributed by atoms with van der Waals surface area (Å²) in [6, 6.07) is 6.63. The number of hydrogen-bond acceptors (Lipinski definition) is 4. The van der Waals surface area contributed by atoms with Crippen LogP contribution in [-0.2, 0) is 10.0 Å². The zero-order valence-corrected chi connectivity index (χ0v) is 12.4. The normalized spacial score (nSPS) is 11.3. The van der Waals surface area contributed by atoms with Crippen molar-refractivity contribution >= 4 is 43.4 Å². The van der Waals surface area contributed by atoms with Gasteiger partial charge in [0.05, 0.1) is 9.92 Å². The zero-order valence-electron chi connectivity index (χ0n) is 9.22. The van der Waals surface area contributed by atoms with E-state index in [0.29, 0.717) is 9.50 Å². The maximum atomic E-state index is 12.0. The minimum atomic E-state index is -3.79. The first-order chi connectivity index (χ1) is 8.88. The summed E-state index contributed by atoms with van der Waals surface area (Å²) in [4.78, 5) is 10.8. The molecule has 6 nitrogen and oxygen atoms in total. The maximum absolute atomic E-state index is 12.0. The molecule has 0 atom stereocenters. The minimum absolute atomic E-state index is 0.0191. The number of anilines is 1. The monoisotopic (exact) mass is 363 g/mol. The van der Waals surface area contributed by atoms with E-state index in [1.807, 2.05) is 0 Å². The first-order valence-electron chi connectivity index (χ1n) is 4.92. The van der Waals surface area contributed by atoms with Crippen molar-refractivity contribution in [2.75, 3.05) is 4.72 Å². The average molecular weight is 365 g/mol. The Morgan fingerprint density at radius 3 is 2.58 bits per heavy atom. The molecule has 9 heteroatoms. The van der Waals surface area contributed by atoms with Crippen molar-refractivity contribution in [1.82, 2.24) is 10.2 Å². The number of benzene rings is 1. The van der Waals surface area contributed by atoms with Crippen molar-refractivity contribution in [1.29, 1.82) is 0 Å². The van der Waals surface area contributed by atoms with E-state index in [2.05, 4.69) is 30.8 Å². The number of rotatable bonds is 3. The smallest absolute Gasteiger partial charge is 0.264 e. The van der Waals surface area contributed by atoms with Crippen LogP contribution in [0.15, 0.2) is 44.5 Å². The van der Waals surface area contributed by atoms with Crippen LogP contribution in [0.1, 0.15) is 0 Å². The Hall–Kier alpha value is -1.38. The fourth-order valence-electron chi connectivity index (χ4n) is 1.24. The highest BCUT2D eigenvalue weighted by Gasteiger charge is 2.16. The summed E-state index contributed by atoms with van der Waals surface area (Å²) in [6.07, 6.45) is 0. The topological polar surface area (TPSA) is 91.9 Å². The molecule has 0 radical (unpaired) electrons. The molecule has 0 unspecified atom stereocenters. The predicted molar refractivity (Wildman–Crippen MR) is 74.8 cm³/mol. The van der Waals surface area contributed by atoms with E-state index in [-0.39, 0.29) is 10.7 Å². The van der Waals surface area contributed by atoms with E-state index in [9.17, 15) is 13.2 Å². The second-order valence-corrected chi connectivity index (χ2v) is 6.43. The van der Waals surface area contributed by atoms with Crippen LogP contribution in [-0.4, -0.2) is 18.6 Å². The lowest BCUT2D eigenvalue weighted by atomic mass is 10.4. The number of sulfonamides is 1. The zero-order chi connectivity index (χ0) is 14.0. The van der Waals surface area contributed by atoms with Crippen LogP contribution < -0.4 is 10.3 Å². The van der Waals surface area contributed by atoms with Crippen molar-refractivity contribution in [3.8, 4) is 0 Å². The van der Waals surface area contributed by atoms with Crippen molar-refractivity contribution in [2.24, 2.45) is 0 Å². The second-order valence-electron chi connectivity index (χ2n) is 3.49. The number of nitrogens with zero attached hydrogens (tertiary/aromatic N) is 1. The van der Waals surface area contributed by atoms with Crippen molar-refractivity contribution in [3.63, 3.8) is 0 Å². The van der Waals surface area contributed by atoms with E-state index >= 15 is 0 Å². The molecule has 0 spiro atoms. The van der Waals surface area contributed by atoms with Gasteiger partial charge in [-0.3, -0.25) is 9.52 Å². The molecule has 100 valence electrons. The first-order valence-corrected chi connectivity index (χ1v) is 7.57. The fraction of sp³-hybridized carbons (Fsp3) is 0. The Balaban J connectivity index is 2.34. The lowest BCUT2D eigenvalue weighted by Gasteiger charge is -2.07. The van der Waals surface area contributed by atoms with Gasteiger partial charge in [0.25, 0.3) is 15.6 Å². The van der Waals surface area contributed by atoms with Gasteiger partial charge in [0, 0.05) is 10.5 Å². The van der Waals surface area contributed by atoms with Gasteiger partial charge in [-0.05, 0) is 40.2 Å². The molecule has 19 heavy (non-hydrogen) atoms. The summed E-state index contributed by atoms with van der Waals surface area (Å²) >= 11 is 8.94. The summed E-state index contributed by atoms with van der Waals surface area (Å²) in [6.45, 7) is 0. The van der Waals surface area contributed by atoms with Gasteiger partial charge >= 0.3 is 0 Å². The molecular weight excluding hydrogens is 358 g/mol. The number of aromatic amines is 1. The van der Waals surface area contributed by atoms with E-state index in [4.69, 9.17) is 11.6 Å². The first kappa shape index (κ1) is 14.0. The van der Waals surface area contributed by atoms with E-state index in [1.54, 1.807) is 0 Å². The molecule has 0 fully saturated rings. The van der Waals surface area contributed by atoms with Crippen molar-refractivity contribution < 1.29 is 8.42 Å². The van der Waals surface area contributed by atoms with Gasteiger partial charge in [0.2, 0.25) is 0 Å². The molecule has 0 aliphatic rings. The van der Waals surface area contributed by atoms with Gasteiger partial charge in [0.15, 0.2) is 5.82 Å². The molecule has 2 aromatic rings. The lowest BCUT2D eigenvalue weighted by Crippen LogP contribution is -2.16. The predicted octanol–water partition coefficient (Wildman–Crippen LogP) is 1.99. The van der Waals surface area contributed by atoms with Crippen LogP contribution in [0.5, 0.6) is 0 Å². The molecule has 1 aromatic heterocycles. The van der Waals surface area contributed by atoms with Crippen LogP contribution in [0.4, 0.5) is 5.82 Å². The van der Waals surface area contributed by atoms with Gasteiger partial charge in [-0.2, -0.15) is 5.10 Å². The number of hydrogen-bond donors (Lipinski definition) is 2. The molecule has 0 aliphatic carbocycles. The van der Waals surface area contributed by atoms with E-state index < -0.39 is 15.6 Å². The standard InChI is InChI=1S/C10H7BrClN3O3S/c11-7-5-6(1-2-8(7)12)19(17,18)15-9-3-4-10(16)14-13-9/h1-5H,(H,13,15)(H,14,16). The molecule has 2 rings (SSSR count). The summed E-state index contributed by atoms with van der Waals surface area (Å²) in [7, 11) is -3.79. The summed E-state index contributed by atoms with van der Waals surface area (Å²) in [5.74, 6) is 0.0191. The highest BCUT2D eigenvalue weighted by Crippen LogP contribution is 2.25. The third kappa shape index (κ3) is 3.34. The Kier molecular flexibility index (Phi) is 3.93. The molecule has 0 saturated heterocycles. The Morgan fingerprint density at radius 1 is 1.26 bits per heavy atom.